The molecule has 0 amide bonds. The summed E-state index contributed by atoms with van der Waals surface area (Å²) in [7, 11) is 4.58. The Bertz CT molecular complexity index is 763. The molecule has 0 aromatic heterocycles. The molecule has 0 aliphatic heterocycles. The monoisotopic (exact) mass is 374 g/mol. The van der Waals surface area contributed by atoms with Gasteiger partial charge in [-0.25, -0.2) is 4.79 Å². The van der Waals surface area contributed by atoms with Crippen LogP contribution in [0.15, 0.2) is 42.5 Å². The topological polar surface area (TPSA) is 68.8 Å². The summed E-state index contributed by atoms with van der Waals surface area (Å²) in [6.07, 6.45) is 0.781. The van der Waals surface area contributed by atoms with Crippen LogP contribution in [0.1, 0.15) is 15.9 Å². The van der Waals surface area contributed by atoms with Gasteiger partial charge in [0, 0.05) is 12.2 Å². The zero-order chi connectivity index (χ0) is 18.9. The van der Waals surface area contributed by atoms with E-state index < -0.39 is 0 Å². The van der Waals surface area contributed by atoms with Gasteiger partial charge in [0.1, 0.15) is 0 Å². The zero-order valence-corrected chi connectivity index (χ0v) is 15.8. The van der Waals surface area contributed by atoms with Crippen LogP contribution in [0.25, 0.3) is 0 Å². The molecular weight excluding hydrogens is 352 g/mol. The van der Waals surface area contributed by atoms with Crippen molar-refractivity contribution in [3.05, 3.63) is 53.6 Å². The summed E-state index contributed by atoms with van der Waals surface area (Å²) in [5, 5.41) is 6.74. The van der Waals surface area contributed by atoms with E-state index in [1.54, 1.807) is 38.5 Å². The van der Waals surface area contributed by atoms with Crippen molar-refractivity contribution in [2.45, 2.75) is 6.42 Å². The molecule has 2 N–H and O–H groups in total. The second kappa shape index (κ2) is 9.62. The lowest BCUT2D eigenvalue weighted by molar-refractivity contribution is 0.0601. The summed E-state index contributed by atoms with van der Waals surface area (Å²) in [6, 6.07) is 12.7. The molecule has 2 aromatic carbocycles. The number of hydrogen-bond donors (Lipinski definition) is 2. The highest BCUT2D eigenvalue weighted by Crippen LogP contribution is 2.27. The molecule has 0 saturated heterocycles. The van der Waals surface area contributed by atoms with Gasteiger partial charge in [-0.3, -0.25) is 0 Å². The van der Waals surface area contributed by atoms with E-state index >= 15 is 0 Å². The van der Waals surface area contributed by atoms with Crippen molar-refractivity contribution in [1.82, 2.24) is 5.32 Å². The smallest absolute Gasteiger partial charge is 0.337 e. The number of nitrogens with one attached hydrogen (secondary N) is 2. The Morgan fingerprint density at radius 1 is 1.00 bits per heavy atom. The molecule has 0 saturated carbocycles. The van der Waals surface area contributed by atoms with Gasteiger partial charge < -0.3 is 24.8 Å². The predicted octanol–water partition coefficient (Wildman–Crippen LogP) is 3.02. The van der Waals surface area contributed by atoms with Crippen LogP contribution in [0.4, 0.5) is 5.69 Å². The first-order chi connectivity index (χ1) is 12.6. The number of ether oxygens (including phenoxy) is 3. The van der Waals surface area contributed by atoms with E-state index in [4.69, 9.17) is 21.7 Å². The van der Waals surface area contributed by atoms with Crippen LogP contribution in [-0.2, 0) is 11.2 Å². The van der Waals surface area contributed by atoms with Crippen LogP contribution in [0.3, 0.4) is 0 Å². The molecule has 0 radical (unpaired) electrons. The van der Waals surface area contributed by atoms with Crippen LogP contribution in [0.5, 0.6) is 11.5 Å². The molecule has 138 valence electrons. The number of carbonyl (C=O) groups excluding carboxylic acids is 1. The predicted molar refractivity (Wildman–Crippen MR) is 105 cm³/mol. The molecule has 0 aliphatic rings. The largest absolute Gasteiger partial charge is 0.493 e. The number of rotatable bonds is 7. The Hall–Kier alpha value is -2.80. The van der Waals surface area contributed by atoms with Crippen LogP contribution >= 0.6 is 12.2 Å². The third-order valence-corrected chi connectivity index (χ3v) is 3.96. The van der Waals surface area contributed by atoms with Gasteiger partial charge in [0.15, 0.2) is 16.6 Å². The Morgan fingerprint density at radius 2 is 1.69 bits per heavy atom. The maximum Gasteiger partial charge on any atom is 0.337 e. The lowest BCUT2D eigenvalue weighted by atomic mass is 10.1. The lowest BCUT2D eigenvalue weighted by Crippen LogP contribution is -2.30. The van der Waals surface area contributed by atoms with Crippen molar-refractivity contribution in [1.29, 1.82) is 0 Å². The standard InChI is InChI=1S/C19H22N2O4S/c1-23-16-9-4-13(12-17(16)24-2)10-11-20-19(26)21-15-7-5-14(6-8-15)18(22)25-3/h4-9,12H,10-11H2,1-3H3,(H2,20,21,26). The minimum Gasteiger partial charge on any atom is -0.493 e. The first-order valence-electron chi connectivity index (χ1n) is 8.01. The molecule has 0 unspecified atom stereocenters. The number of thiocarbonyl (C=S) groups is 1. The quantitative estimate of drug-likeness (QED) is 0.570. The summed E-state index contributed by atoms with van der Waals surface area (Å²) in [6.45, 7) is 0.668. The number of hydrogen-bond acceptors (Lipinski definition) is 5. The van der Waals surface area contributed by atoms with Gasteiger partial charge in [-0.05, 0) is 60.6 Å². The van der Waals surface area contributed by atoms with Crippen molar-refractivity contribution < 1.29 is 19.0 Å². The van der Waals surface area contributed by atoms with Gasteiger partial charge in [-0.15, -0.1) is 0 Å². The maximum atomic E-state index is 11.4. The fourth-order valence-electron chi connectivity index (χ4n) is 2.34. The van der Waals surface area contributed by atoms with E-state index in [2.05, 4.69) is 15.4 Å². The Morgan fingerprint density at radius 3 is 2.31 bits per heavy atom. The summed E-state index contributed by atoms with van der Waals surface area (Å²) < 4.78 is 15.2. The highest BCUT2D eigenvalue weighted by atomic mass is 32.1. The average Bonchev–Trinajstić information content (AvgIpc) is 2.67. The van der Waals surface area contributed by atoms with E-state index in [-0.39, 0.29) is 5.97 Å². The molecule has 0 heterocycles. The van der Waals surface area contributed by atoms with Crippen molar-refractivity contribution >= 4 is 29.0 Å². The molecule has 0 spiro atoms. The van der Waals surface area contributed by atoms with E-state index in [0.717, 1.165) is 17.7 Å². The molecule has 0 bridgehead atoms. The molecule has 0 fully saturated rings. The second-order valence-electron chi connectivity index (χ2n) is 5.39. The number of esters is 1. The van der Waals surface area contributed by atoms with Crippen molar-refractivity contribution in [2.75, 3.05) is 33.2 Å². The minimum atomic E-state index is -0.368. The van der Waals surface area contributed by atoms with E-state index in [1.165, 1.54) is 7.11 Å². The normalized spacial score (nSPS) is 9.96. The van der Waals surface area contributed by atoms with Gasteiger partial charge in [0.25, 0.3) is 0 Å². The average molecular weight is 374 g/mol. The molecule has 0 atom stereocenters. The second-order valence-corrected chi connectivity index (χ2v) is 5.80. The fraction of sp³-hybridized carbons (Fsp3) is 0.263. The van der Waals surface area contributed by atoms with Crippen LogP contribution < -0.4 is 20.1 Å². The molecule has 2 aromatic rings. The highest BCUT2D eigenvalue weighted by molar-refractivity contribution is 7.80. The van der Waals surface area contributed by atoms with Gasteiger partial charge in [0.2, 0.25) is 0 Å². The van der Waals surface area contributed by atoms with E-state index in [9.17, 15) is 4.79 Å². The van der Waals surface area contributed by atoms with Gasteiger partial charge in [-0.2, -0.15) is 0 Å². The van der Waals surface area contributed by atoms with Crippen molar-refractivity contribution in [2.24, 2.45) is 0 Å². The van der Waals surface area contributed by atoms with Gasteiger partial charge in [0.05, 0.1) is 26.9 Å². The number of benzene rings is 2. The molecular formula is C19H22N2O4S. The number of anilines is 1. The van der Waals surface area contributed by atoms with Crippen LogP contribution in [-0.4, -0.2) is 39.0 Å². The Balaban J connectivity index is 1.82. The molecule has 26 heavy (non-hydrogen) atoms. The third-order valence-electron chi connectivity index (χ3n) is 3.71. The first-order valence-corrected chi connectivity index (χ1v) is 8.42. The third kappa shape index (κ3) is 5.35. The Labute approximate surface area is 158 Å². The van der Waals surface area contributed by atoms with Gasteiger partial charge >= 0.3 is 5.97 Å². The summed E-state index contributed by atoms with van der Waals surface area (Å²) in [4.78, 5) is 11.4. The number of carbonyl (C=O) groups is 1. The van der Waals surface area contributed by atoms with Gasteiger partial charge in [-0.1, -0.05) is 6.07 Å². The van der Waals surface area contributed by atoms with E-state index in [0.29, 0.717) is 28.7 Å². The van der Waals surface area contributed by atoms with Crippen molar-refractivity contribution in [3.63, 3.8) is 0 Å². The molecule has 6 nitrogen and oxygen atoms in total. The molecule has 7 heteroatoms. The fourth-order valence-corrected chi connectivity index (χ4v) is 2.56. The van der Waals surface area contributed by atoms with Crippen LogP contribution in [0.2, 0.25) is 0 Å². The maximum absolute atomic E-state index is 11.4. The zero-order valence-electron chi connectivity index (χ0n) is 15.0. The summed E-state index contributed by atoms with van der Waals surface area (Å²) >= 11 is 5.29. The summed E-state index contributed by atoms with van der Waals surface area (Å²) in [5.41, 5.74) is 2.40. The Kier molecular flexibility index (Phi) is 7.23. The number of methoxy groups -OCH3 is 3. The van der Waals surface area contributed by atoms with Crippen molar-refractivity contribution in [3.8, 4) is 11.5 Å². The minimum absolute atomic E-state index is 0.368. The highest BCUT2D eigenvalue weighted by Gasteiger charge is 2.06. The summed E-state index contributed by atoms with van der Waals surface area (Å²) in [5.74, 6) is 1.04. The SMILES string of the molecule is COC(=O)c1ccc(NC(=S)NCCc2ccc(OC)c(OC)c2)cc1. The lowest BCUT2D eigenvalue weighted by Gasteiger charge is -2.12. The first kappa shape index (κ1) is 19.5. The van der Waals surface area contributed by atoms with E-state index in [1.807, 2.05) is 18.2 Å². The molecule has 0 aliphatic carbocycles. The molecule has 2 rings (SSSR count). The van der Waals surface area contributed by atoms with Crippen LogP contribution in [0, 0.1) is 0 Å².